The van der Waals surface area contributed by atoms with Crippen molar-refractivity contribution < 1.29 is 9.53 Å². The first-order valence-electron chi connectivity index (χ1n) is 6.66. The van der Waals surface area contributed by atoms with Gasteiger partial charge < -0.3 is 15.8 Å². The van der Waals surface area contributed by atoms with Gasteiger partial charge in [0.05, 0.1) is 21.4 Å². The average molecular weight is 426 g/mol. The van der Waals surface area contributed by atoms with Gasteiger partial charge >= 0.3 is 0 Å². The van der Waals surface area contributed by atoms with Crippen LogP contribution in [0.4, 0.5) is 0 Å². The number of halogens is 2. The van der Waals surface area contributed by atoms with Crippen LogP contribution in [0.2, 0.25) is 0 Å². The van der Waals surface area contributed by atoms with Gasteiger partial charge in [0.1, 0.15) is 0 Å². The lowest BCUT2D eigenvalue weighted by molar-refractivity contribution is 0.0268. The first kappa shape index (κ1) is 16.4. The van der Waals surface area contributed by atoms with Gasteiger partial charge in [-0.05, 0) is 63.6 Å². The van der Waals surface area contributed by atoms with Crippen LogP contribution in [0.1, 0.15) is 35.4 Å². The Hall–Kier alpha value is 0.0500. The molecule has 0 aromatic carbocycles. The van der Waals surface area contributed by atoms with Crippen molar-refractivity contribution in [1.29, 1.82) is 0 Å². The highest BCUT2D eigenvalue weighted by atomic mass is 79.9. The number of hydrogen-bond acceptors (Lipinski definition) is 4. The van der Waals surface area contributed by atoms with E-state index in [1.54, 1.807) is 0 Å². The van der Waals surface area contributed by atoms with E-state index in [1.165, 1.54) is 11.3 Å². The number of amides is 1. The average Bonchev–Trinajstić information content (AvgIpc) is 2.77. The molecule has 1 amide bonds. The number of nitrogens with two attached hydrogens (primary N) is 1. The number of carbonyl (C=O) groups is 1. The molecular formula is C13H18Br2N2O2S. The summed E-state index contributed by atoms with van der Waals surface area (Å²) in [4.78, 5) is 12.6. The second kappa shape index (κ2) is 7.89. The summed E-state index contributed by atoms with van der Waals surface area (Å²) in [6.07, 6.45) is 4.43. The van der Waals surface area contributed by atoms with Gasteiger partial charge in [0.2, 0.25) is 0 Å². The number of hydrogen-bond donors (Lipinski definition) is 2. The van der Waals surface area contributed by atoms with Crippen LogP contribution in [0, 0.1) is 0 Å². The summed E-state index contributed by atoms with van der Waals surface area (Å²) in [6.45, 7) is 1.09. The standard InChI is InChI=1S/C13H18Br2N2O2S/c14-10-7-11(20-12(10)15)13(18)17-5-6-19-9-3-1-8(16)2-4-9/h7-9H,1-6,16H2,(H,17,18). The van der Waals surface area contributed by atoms with Crippen molar-refractivity contribution in [3.8, 4) is 0 Å². The number of ether oxygens (including phenoxy) is 1. The molecule has 20 heavy (non-hydrogen) atoms. The fraction of sp³-hybridized carbons (Fsp3) is 0.615. The van der Waals surface area contributed by atoms with Crippen LogP contribution >= 0.6 is 43.2 Å². The van der Waals surface area contributed by atoms with Crippen LogP contribution in [-0.2, 0) is 4.74 Å². The summed E-state index contributed by atoms with van der Waals surface area (Å²) in [5.74, 6) is -0.0596. The van der Waals surface area contributed by atoms with E-state index in [9.17, 15) is 4.79 Å². The molecule has 0 unspecified atom stereocenters. The Morgan fingerprint density at radius 2 is 2.10 bits per heavy atom. The van der Waals surface area contributed by atoms with Crippen molar-refractivity contribution in [2.45, 2.75) is 37.8 Å². The van der Waals surface area contributed by atoms with Crippen LogP contribution in [0.15, 0.2) is 14.3 Å². The summed E-state index contributed by atoms with van der Waals surface area (Å²) in [6, 6.07) is 2.15. The van der Waals surface area contributed by atoms with Crippen LogP contribution in [-0.4, -0.2) is 31.2 Å². The topological polar surface area (TPSA) is 64.3 Å². The van der Waals surface area contributed by atoms with E-state index >= 15 is 0 Å². The summed E-state index contributed by atoms with van der Waals surface area (Å²) < 4.78 is 7.59. The first-order valence-corrected chi connectivity index (χ1v) is 9.06. The second-order valence-corrected chi connectivity index (χ2v) is 8.12. The highest BCUT2D eigenvalue weighted by Crippen LogP contribution is 2.32. The Kier molecular flexibility index (Phi) is 6.48. The number of nitrogens with one attached hydrogen (secondary N) is 1. The molecule has 2 rings (SSSR count). The van der Waals surface area contributed by atoms with E-state index in [1.807, 2.05) is 6.07 Å². The zero-order chi connectivity index (χ0) is 14.5. The first-order chi connectivity index (χ1) is 9.56. The van der Waals surface area contributed by atoms with Crippen LogP contribution in [0.25, 0.3) is 0 Å². The van der Waals surface area contributed by atoms with Crippen LogP contribution in [0.5, 0.6) is 0 Å². The lowest BCUT2D eigenvalue weighted by atomic mass is 9.94. The summed E-state index contributed by atoms with van der Waals surface area (Å²) in [5.41, 5.74) is 5.85. The van der Waals surface area contributed by atoms with Crippen molar-refractivity contribution in [2.24, 2.45) is 5.73 Å². The summed E-state index contributed by atoms with van der Waals surface area (Å²) in [7, 11) is 0. The molecule has 1 heterocycles. The van der Waals surface area contributed by atoms with Crippen LogP contribution < -0.4 is 11.1 Å². The van der Waals surface area contributed by atoms with Gasteiger partial charge in [0.15, 0.2) is 0 Å². The monoisotopic (exact) mass is 424 g/mol. The molecule has 7 heteroatoms. The molecule has 0 bridgehead atoms. The predicted octanol–water partition coefficient (Wildman–Crippen LogP) is 3.29. The molecule has 0 saturated heterocycles. The van der Waals surface area contributed by atoms with E-state index in [4.69, 9.17) is 10.5 Å². The Bertz CT molecular complexity index is 440. The largest absolute Gasteiger partial charge is 0.376 e. The number of carbonyl (C=O) groups excluding carboxylic acids is 1. The molecular weight excluding hydrogens is 408 g/mol. The van der Waals surface area contributed by atoms with Gasteiger partial charge in [-0.15, -0.1) is 11.3 Å². The molecule has 112 valence electrons. The van der Waals surface area contributed by atoms with Crippen LogP contribution in [0.3, 0.4) is 0 Å². The van der Waals surface area contributed by atoms with Crippen molar-refractivity contribution in [2.75, 3.05) is 13.2 Å². The fourth-order valence-corrected chi connectivity index (χ4v) is 4.14. The van der Waals surface area contributed by atoms with Gasteiger partial charge in [0.25, 0.3) is 5.91 Å². The quantitative estimate of drug-likeness (QED) is 0.711. The lowest BCUT2D eigenvalue weighted by Crippen LogP contribution is -2.32. The van der Waals surface area contributed by atoms with Gasteiger partial charge in [0, 0.05) is 17.1 Å². The smallest absolute Gasteiger partial charge is 0.261 e. The molecule has 3 N–H and O–H groups in total. The minimum absolute atomic E-state index is 0.0596. The normalized spacial score (nSPS) is 22.8. The van der Waals surface area contributed by atoms with Gasteiger partial charge in [-0.3, -0.25) is 4.79 Å². The predicted molar refractivity (Wildman–Crippen MR) is 88.2 cm³/mol. The zero-order valence-electron chi connectivity index (χ0n) is 11.0. The maximum absolute atomic E-state index is 11.9. The van der Waals surface area contributed by atoms with Gasteiger partial charge in [-0.25, -0.2) is 0 Å². The third-order valence-corrected chi connectivity index (χ3v) is 6.58. The number of thiophene rings is 1. The van der Waals surface area contributed by atoms with Gasteiger partial charge in [-0.1, -0.05) is 0 Å². The van der Waals surface area contributed by atoms with E-state index in [0.717, 1.165) is 33.9 Å². The summed E-state index contributed by atoms with van der Waals surface area (Å²) >= 11 is 8.16. The Labute approximate surface area is 139 Å². The maximum atomic E-state index is 11.9. The van der Waals surface area contributed by atoms with Crippen molar-refractivity contribution in [3.05, 3.63) is 19.2 Å². The molecule has 0 aliphatic heterocycles. The third kappa shape index (κ3) is 4.80. The van der Waals surface area contributed by atoms with Crippen molar-refractivity contribution in [1.82, 2.24) is 5.32 Å². The highest BCUT2D eigenvalue weighted by Gasteiger charge is 2.18. The molecule has 1 aliphatic carbocycles. The number of rotatable bonds is 5. The molecule has 1 aromatic rings. The SMILES string of the molecule is NC1CCC(OCCNC(=O)c2cc(Br)c(Br)s2)CC1. The van der Waals surface area contributed by atoms with E-state index < -0.39 is 0 Å². The molecule has 0 atom stereocenters. The Balaban J connectivity index is 1.64. The third-order valence-electron chi connectivity index (χ3n) is 3.33. The molecule has 4 nitrogen and oxygen atoms in total. The second-order valence-electron chi connectivity index (χ2n) is 4.90. The minimum atomic E-state index is -0.0596. The zero-order valence-corrected chi connectivity index (χ0v) is 15.0. The summed E-state index contributed by atoms with van der Waals surface area (Å²) in [5, 5.41) is 2.87. The van der Waals surface area contributed by atoms with E-state index in [-0.39, 0.29) is 5.91 Å². The molecule has 0 spiro atoms. The maximum Gasteiger partial charge on any atom is 0.261 e. The molecule has 0 radical (unpaired) electrons. The van der Waals surface area contributed by atoms with E-state index in [0.29, 0.717) is 30.2 Å². The Morgan fingerprint density at radius 1 is 1.40 bits per heavy atom. The minimum Gasteiger partial charge on any atom is -0.376 e. The lowest BCUT2D eigenvalue weighted by Gasteiger charge is -2.26. The molecule has 1 fully saturated rings. The van der Waals surface area contributed by atoms with Crippen molar-refractivity contribution in [3.63, 3.8) is 0 Å². The molecule has 1 saturated carbocycles. The highest BCUT2D eigenvalue weighted by molar-refractivity contribution is 9.13. The van der Waals surface area contributed by atoms with Gasteiger partial charge in [-0.2, -0.15) is 0 Å². The molecule has 1 aromatic heterocycles. The Morgan fingerprint density at radius 3 is 2.70 bits per heavy atom. The van der Waals surface area contributed by atoms with Crippen molar-refractivity contribution >= 4 is 49.1 Å². The molecule has 1 aliphatic rings. The fourth-order valence-electron chi connectivity index (χ4n) is 2.19. The van der Waals surface area contributed by atoms with E-state index in [2.05, 4.69) is 37.2 Å².